The minimum absolute atomic E-state index is 0.712. The third kappa shape index (κ3) is 3.50. The highest BCUT2D eigenvalue weighted by molar-refractivity contribution is 6.25. The lowest BCUT2D eigenvalue weighted by atomic mass is 9.67. The van der Waals surface area contributed by atoms with E-state index in [-0.39, 0.29) is 0 Å². The van der Waals surface area contributed by atoms with Gasteiger partial charge in [-0.1, -0.05) is 109 Å². The maximum atomic E-state index is 2.69. The van der Waals surface area contributed by atoms with Crippen molar-refractivity contribution in [1.82, 2.24) is 0 Å². The molecule has 0 aromatic heterocycles. The van der Waals surface area contributed by atoms with Gasteiger partial charge in [0.2, 0.25) is 0 Å². The van der Waals surface area contributed by atoms with Gasteiger partial charge >= 0.3 is 0 Å². The van der Waals surface area contributed by atoms with E-state index < -0.39 is 0 Å². The maximum absolute atomic E-state index is 2.69. The van der Waals surface area contributed by atoms with E-state index in [1.54, 1.807) is 11.1 Å². The summed E-state index contributed by atoms with van der Waals surface area (Å²) in [5, 5.41) is 10.9. The molecule has 206 valence electrons. The maximum Gasteiger partial charge on any atom is -0.00200 e. The largest absolute Gasteiger partial charge is 0.0616 e. The average Bonchev–Trinajstić information content (AvgIpc) is 3.21. The van der Waals surface area contributed by atoms with E-state index >= 15 is 0 Å². The second kappa shape index (κ2) is 9.04. The Morgan fingerprint density at radius 1 is 0.349 bits per heavy atom. The standard InChI is InChI=1S/C43H34/c1-3-13-32-28(9-1)11-7-17-34(32)42-36-15-5-6-16-37(36)43(35-18-8-12-29-10-2-4-14-33(29)35)41-25-39-31-22-26-19-27(23-31)21-30(20-26)38(39)24-40(41)42/h1-18,24-27,30-31H,19-23H2. The lowest BCUT2D eigenvalue weighted by molar-refractivity contribution is 0.166. The molecule has 0 heteroatoms. The normalized spacial score (nSPS) is 22.4. The van der Waals surface area contributed by atoms with E-state index in [4.69, 9.17) is 0 Å². The van der Waals surface area contributed by atoms with Crippen LogP contribution in [0.2, 0.25) is 0 Å². The van der Waals surface area contributed by atoms with Crippen LogP contribution in [-0.2, 0) is 0 Å². The highest BCUT2D eigenvalue weighted by atomic mass is 14.5. The molecule has 0 N–H and O–H groups in total. The Labute approximate surface area is 253 Å². The van der Waals surface area contributed by atoms with Crippen molar-refractivity contribution in [1.29, 1.82) is 0 Å². The molecular weight excluding hydrogens is 516 g/mol. The highest BCUT2D eigenvalue weighted by Crippen LogP contribution is 2.58. The van der Waals surface area contributed by atoms with E-state index in [1.807, 2.05) is 0 Å². The number of hydrogen-bond donors (Lipinski definition) is 0. The Morgan fingerprint density at radius 2 is 0.744 bits per heavy atom. The zero-order chi connectivity index (χ0) is 28.1. The molecule has 0 radical (unpaired) electrons. The van der Waals surface area contributed by atoms with E-state index in [0.29, 0.717) is 11.8 Å². The topological polar surface area (TPSA) is 0 Å². The first-order valence-corrected chi connectivity index (χ1v) is 16.3. The van der Waals surface area contributed by atoms with Gasteiger partial charge in [0.25, 0.3) is 0 Å². The molecule has 0 aliphatic heterocycles. The quantitative estimate of drug-likeness (QED) is 0.188. The Bertz CT molecular complexity index is 2070. The summed E-state index contributed by atoms with van der Waals surface area (Å²) in [7, 11) is 0. The van der Waals surface area contributed by atoms with Gasteiger partial charge in [0, 0.05) is 0 Å². The molecule has 0 spiro atoms. The van der Waals surface area contributed by atoms with Crippen LogP contribution < -0.4 is 0 Å². The molecule has 2 saturated carbocycles. The van der Waals surface area contributed by atoms with Gasteiger partial charge in [0.15, 0.2) is 0 Å². The summed E-state index contributed by atoms with van der Waals surface area (Å²) in [6, 6.07) is 46.2. The first-order valence-electron chi connectivity index (χ1n) is 16.3. The second-order valence-electron chi connectivity index (χ2n) is 13.7. The molecule has 0 atom stereocenters. The van der Waals surface area contributed by atoms with Crippen molar-refractivity contribution >= 4 is 43.1 Å². The van der Waals surface area contributed by atoms with Crippen LogP contribution in [0.5, 0.6) is 0 Å². The summed E-state index contributed by atoms with van der Waals surface area (Å²) < 4.78 is 0. The van der Waals surface area contributed by atoms with Crippen LogP contribution in [0.15, 0.2) is 121 Å². The zero-order valence-corrected chi connectivity index (χ0v) is 24.4. The number of hydrogen-bond acceptors (Lipinski definition) is 0. The van der Waals surface area contributed by atoms with Crippen LogP contribution in [0.1, 0.15) is 55.1 Å². The average molecular weight is 551 g/mol. The van der Waals surface area contributed by atoms with E-state index in [1.165, 1.54) is 97.4 Å². The summed E-state index contributed by atoms with van der Waals surface area (Å²) in [6.45, 7) is 0. The van der Waals surface area contributed by atoms with Crippen molar-refractivity contribution in [3.8, 4) is 22.3 Å². The number of rotatable bonds is 2. The molecule has 0 unspecified atom stereocenters. The predicted molar refractivity (Wildman–Crippen MR) is 183 cm³/mol. The molecule has 7 aromatic rings. The van der Waals surface area contributed by atoms with Crippen LogP contribution in [-0.4, -0.2) is 0 Å². The molecule has 11 rings (SSSR count). The lowest BCUT2D eigenvalue weighted by Gasteiger charge is -2.38. The van der Waals surface area contributed by atoms with Gasteiger partial charge in [-0.05, 0) is 144 Å². The van der Waals surface area contributed by atoms with Crippen molar-refractivity contribution in [2.24, 2.45) is 11.8 Å². The van der Waals surface area contributed by atoms with E-state index in [9.17, 15) is 0 Å². The summed E-state index contributed by atoms with van der Waals surface area (Å²) >= 11 is 0. The van der Waals surface area contributed by atoms with Gasteiger partial charge in [0.1, 0.15) is 0 Å². The van der Waals surface area contributed by atoms with Crippen LogP contribution >= 0.6 is 0 Å². The van der Waals surface area contributed by atoms with Crippen molar-refractivity contribution in [2.75, 3.05) is 0 Å². The number of fused-ring (bicyclic) bond motifs is 4. The predicted octanol–water partition coefficient (Wildman–Crippen LogP) is 12.0. The molecule has 4 bridgehead atoms. The SMILES string of the molecule is c1ccc2c(-c3c4ccccc4c(-c4cccc5ccccc45)c4cc5c(cc34)C3CC4CC(C3)CC5C4)cccc2c1. The molecule has 43 heavy (non-hydrogen) atoms. The van der Waals surface area contributed by atoms with Gasteiger partial charge in [-0.2, -0.15) is 0 Å². The van der Waals surface area contributed by atoms with Gasteiger partial charge in [-0.3, -0.25) is 0 Å². The fraction of sp³-hybridized carbons (Fsp3) is 0.209. The summed E-state index contributed by atoms with van der Waals surface area (Å²) in [5.41, 5.74) is 8.84. The van der Waals surface area contributed by atoms with Crippen molar-refractivity contribution in [2.45, 2.75) is 43.9 Å². The molecule has 2 fully saturated rings. The van der Waals surface area contributed by atoms with Crippen molar-refractivity contribution < 1.29 is 0 Å². The van der Waals surface area contributed by atoms with Gasteiger partial charge in [0.05, 0.1) is 0 Å². The fourth-order valence-corrected chi connectivity index (χ4v) is 9.79. The molecule has 0 heterocycles. The minimum Gasteiger partial charge on any atom is -0.0616 e. The molecule has 0 nitrogen and oxygen atoms in total. The van der Waals surface area contributed by atoms with E-state index in [0.717, 1.165) is 11.8 Å². The Morgan fingerprint density at radius 3 is 1.21 bits per heavy atom. The minimum atomic E-state index is 0.712. The van der Waals surface area contributed by atoms with Gasteiger partial charge in [-0.15, -0.1) is 0 Å². The Balaban J connectivity index is 1.41. The molecule has 0 amide bonds. The van der Waals surface area contributed by atoms with Gasteiger partial charge < -0.3 is 0 Å². The third-order valence-electron chi connectivity index (χ3n) is 11.4. The fourth-order valence-electron chi connectivity index (χ4n) is 9.79. The van der Waals surface area contributed by atoms with Gasteiger partial charge in [-0.25, -0.2) is 0 Å². The summed E-state index contributed by atoms with van der Waals surface area (Å²) in [6.07, 6.45) is 7.02. The van der Waals surface area contributed by atoms with Crippen molar-refractivity contribution in [3.63, 3.8) is 0 Å². The van der Waals surface area contributed by atoms with Crippen molar-refractivity contribution in [3.05, 3.63) is 132 Å². The molecule has 0 saturated heterocycles. The molecule has 4 aliphatic rings. The van der Waals surface area contributed by atoms with Crippen LogP contribution in [0.25, 0.3) is 65.3 Å². The molecular formula is C43H34. The summed E-state index contributed by atoms with van der Waals surface area (Å²) in [5.74, 6) is 3.24. The third-order valence-corrected chi connectivity index (χ3v) is 11.4. The molecule has 4 aliphatic carbocycles. The monoisotopic (exact) mass is 550 g/mol. The lowest BCUT2D eigenvalue weighted by Crippen LogP contribution is -2.25. The Kier molecular flexibility index (Phi) is 5.06. The zero-order valence-electron chi connectivity index (χ0n) is 24.4. The van der Waals surface area contributed by atoms with Crippen LogP contribution in [0, 0.1) is 11.8 Å². The first-order chi connectivity index (χ1) is 21.3. The molecule has 7 aromatic carbocycles. The highest BCUT2D eigenvalue weighted by Gasteiger charge is 2.42. The van der Waals surface area contributed by atoms with Crippen LogP contribution in [0.4, 0.5) is 0 Å². The second-order valence-corrected chi connectivity index (χ2v) is 13.7. The van der Waals surface area contributed by atoms with E-state index in [2.05, 4.69) is 121 Å². The van der Waals surface area contributed by atoms with Crippen LogP contribution in [0.3, 0.4) is 0 Å². The Hall–Kier alpha value is -4.42. The first kappa shape index (κ1) is 24.1. The smallest absolute Gasteiger partial charge is 0.00200 e. The number of benzene rings is 7. The summed E-state index contributed by atoms with van der Waals surface area (Å²) in [4.78, 5) is 0.